The maximum absolute atomic E-state index is 12.4. The van der Waals surface area contributed by atoms with E-state index in [0.29, 0.717) is 38.7 Å². The van der Waals surface area contributed by atoms with Gasteiger partial charge in [-0.3, -0.25) is 9.79 Å². The fourth-order valence-corrected chi connectivity index (χ4v) is 8.71. The second-order valence-electron chi connectivity index (χ2n) is 11.6. The molecule has 188 valence electrons. The number of methoxy groups -OCH3 is 1. The van der Waals surface area contributed by atoms with Gasteiger partial charge >= 0.3 is 11.9 Å². The molecule has 0 aromatic rings. The van der Waals surface area contributed by atoms with Crippen molar-refractivity contribution in [3.63, 3.8) is 0 Å². The zero-order chi connectivity index (χ0) is 24.4. The van der Waals surface area contributed by atoms with Crippen LogP contribution in [0.1, 0.15) is 64.7 Å². The Morgan fingerprint density at radius 1 is 1.18 bits per heavy atom. The predicted molar refractivity (Wildman–Crippen MR) is 123 cm³/mol. The second-order valence-corrected chi connectivity index (χ2v) is 11.6. The van der Waals surface area contributed by atoms with Crippen molar-refractivity contribution in [2.24, 2.45) is 33.6 Å². The number of nitrogens with zero attached hydrogens (tertiary/aromatic N) is 1. The van der Waals surface area contributed by atoms with Crippen LogP contribution in [0.2, 0.25) is 0 Å². The first kappa shape index (κ1) is 23.9. The van der Waals surface area contributed by atoms with Gasteiger partial charge in [0.1, 0.15) is 13.2 Å². The molecule has 0 aromatic heterocycles. The van der Waals surface area contributed by atoms with E-state index in [1.165, 1.54) is 7.11 Å². The third-order valence-electron chi connectivity index (χ3n) is 10.4. The molecule has 4 saturated carbocycles. The summed E-state index contributed by atoms with van der Waals surface area (Å²) in [5, 5.41) is 34.7. The average molecular weight is 476 g/mol. The van der Waals surface area contributed by atoms with Crippen molar-refractivity contribution in [1.82, 2.24) is 0 Å². The molecule has 8 nitrogen and oxygen atoms in total. The number of fused-ring (bicyclic) bond motifs is 5. The molecule has 0 bridgehead atoms. The van der Waals surface area contributed by atoms with Gasteiger partial charge in [0.2, 0.25) is 0 Å². The van der Waals surface area contributed by atoms with Gasteiger partial charge in [-0.2, -0.15) is 0 Å². The van der Waals surface area contributed by atoms with E-state index in [9.17, 15) is 24.9 Å². The number of aliphatic hydroxyl groups excluding tert-OH is 1. The topological polar surface area (TPSA) is 126 Å². The number of hydrogen-bond donors (Lipinski definition) is 3. The van der Waals surface area contributed by atoms with Gasteiger partial charge in [0.15, 0.2) is 0 Å². The van der Waals surface area contributed by atoms with Crippen molar-refractivity contribution in [3.05, 3.63) is 11.6 Å². The van der Waals surface area contributed by atoms with Crippen molar-refractivity contribution in [2.45, 2.75) is 82.0 Å². The highest BCUT2D eigenvalue weighted by molar-refractivity contribution is 5.85. The lowest BCUT2D eigenvalue weighted by Gasteiger charge is -2.65. The Morgan fingerprint density at radius 2 is 1.94 bits per heavy atom. The molecule has 1 heterocycles. The lowest BCUT2D eigenvalue weighted by atomic mass is 9.41. The lowest BCUT2D eigenvalue weighted by molar-refractivity contribution is -0.237. The molecular weight excluding hydrogens is 438 g/mol. The van der Waals surface area contributed by atoms with Crippen molar-refractivity contribution in [2.75, 3.05) is 20.3 Å². The van der Waals surface area contributed by atoms with Crippen LogP contribution >= 0.6 is 0 Å². The summed E-state index contributed by atoms with van der Waals surface area (Å²) < 4.78 is 9.94. The minimum Gasteiger partial charge on any atom is -0.468 e. The van der Waals surface area contributed by atoms with Crippen molar-refractivity contribution >= 4 is 18.2 Å². The number of hydrogen-bond acceptors (Lipinski definition) is 8. The van der Waals surface area contributed by atoms with Crippen LogP contribution in [0.5, 0.6) is 0 Å². The second kappa shape index (κ2) is 8.14. The SMILES string of the molecule is COC(=O)CN=CC12CCC(O)CC1(O)CCC1C2CCC2(C)C(C3=CC(=O)OC3)CCC12O. The summed E-state index contributed by atoms with van der Waals surface area (Å²) in [5.74, 6) is -0.674. The van der Waals surface area contributed by atoms with Crippen LogP contribution in [0, 0.1) is 28.6 Å². The quantitative estimate of drug-likeness (QED) is 0.419. The van der Waals surface area contributed by atoms with Gasteiger partial charge in [0, 0.05) is 29.5 Å². The molecule has 8 unspecified atom stereocenters. The fourth-order valence-electron chi connectivity index (χ4n) is 8.71. The van der Waals surface area contributed by atoms with Crippen LogP contribution in [0.4, 0.5) is 0 Å². The Morgan fingerprint density at radius 3 is 2.65 bits per heavy atom. The van der Waals surface area contributed by atoms with Crippen LogP contribution in [0.3, 0.4) is 0 Å². The fraction of sp³-hybridized carbons (Fsp3) is 0.808. The highest BCUT2D eigenvalue weighted by Crippen LogP contribution is 2.70. The van der Waals surface area contributed by atoms with Crippen LogP contribution in [-0.2, 0) is 19.1 Å². The number of cyclic esters (lactones) is 1. The molecular formula is C26H37NO7. The summed E-state index contributed by atoms with van der Waals surface area (Å²) in [5.41, 5.74) is -2.13. The Bertz CT molecular complexity index is 932. The molecule has 8 heteroatoms. The molecule has 0 spiro atoms. The number of ether oxygens (including phenoxy) is 2. The van der Waals surface area contributed by atoms with Gasteiger partial charge in [0.25, 0.3) is 0 Å². The number of carbonyl (C=O) groups is 2. The number of rotatable bonds is 4. The lowest BCUT2D eigenvalue weighted by Crippen LogP contribution is -2.68. The van der Waals surface area contributed by atoms with Crippen molar-refractivity contribution in [3.8, 4) is 0 Å². The molecule has 0 radical (unpaired) electrons. The van der Waals surface area contributed by atoms with Gasteiger partial charge < -0.3 is 24.8 Å². The van der Waals surface area contributed by atoms with Gasteiger partial charge in [0.05, 0.1) is 24.4 Å². The van der Waals surface area contributed by atoms with E-state index >= 15 is 0 Å². The third-order valence-corrected chi connectivity index (χ3v) is 10.4. The first-order chi connectivity index (χ1) is 16.1. The minimum absolute atomic E-state index is 0.00703. The molecule has 34 heavy (non-hydrogen) atoms. The van der Waals surface area contributed by atoms with E-state index < -0.39 is 28.7 Å². The summed E-state index contributed by atoms with van der Waals surface area (Å²) in [6.45, 7) is 2.36. The Kier molecular flexibility index (Phi) is 5.73. The van der Waals surface area contributed by atoms with E-state index in [1.54, 1.807) is 12.3 Å². The molecule has 0 aromatic carbocycles. The van der Waals surface area contributed by atoms with E-state index in [0.717, 1.165) is 24.8 Å². The molecule has 5 aliphatic rings. The first-order valence-corrected chi connectivity index (χ1v) is 12.7. The number of aliphatic imine (C=N–C) groups is 1. The van der Waals surface area contributed by atoms with Crippen molar-refractivity contribution in [1.29, 1.82) is 0 Å². The normalized spacial score (nSPS) is 48.0. The van der Waals surface area contributed by atoms with E-state index in [4.69, 9.17) is 9.47 Å². The number of aliphatic hydroxyl groups is 3. The van der Waals surface area contributed by atoms with Gasteiger partial charge in [-0.1, -0.05) is 6.92 Å². The number of carbonyl (C=O) groups excluding carboxylic acids is 2. The largest absolute Gasteiger partial charge is 0.468 e. The highest BCUT2D eigenvalue weighted by atomic mass is 16.5. The Hall–Kier alpha value is -1.77. The third kappa shape index (κ3) is 3.24. The smallest absolute Gasteiger partial charge is 0.331 e. The van der Waals surface area contributed by atoms with Crippen LogP contribution in [0.15, 0.2) is 16.6 Å². The summed E-state index contributed by atoms with van der Waals surface area (Å²) in [6.07, 6.45) is 8.42. The zero-order valence-corrected chi connectivity index (χ0v) is 20.2. The number of esters is 2. The van der Waals surface area contributed by atoms with Gasteiger partial charge in [-0.05, 0) is 74.7 Å². The summed E-state index contributed by atoms with van der Waals surface area (Å²) >= 11 is 0. The van der Waals surface area contributed by atoms with Crippen LogP contribution < -0.4 is 0 Å². The van der Waals surface area contributed by atoms with Crippen molar-refractivity contribution < 1.29 is 34.4 Å². The van der Waals surface area contributed by atoms with Crippen LogP contribution in [0.25, 0.3) is 0 Å². The van der Waals surface area contributed by atoms with E-state index in [1.807, 2.05) is 0 Å². The molecule has 4 aliphatic carbocycles. The molecule has 3 N–H and O–H groups in total. The molecule has 5 rings (SSSR count). The zero-order valence-electron chi connectivity index (χ0n) is 20.2. The van der Waals surface area contributed by atoms with Gasteiger partial charge in [-0.15, -0.1) is 0 Å². The standard InChI is InChI=1S/C26H37NO7/c1-23-7-4-19-20(26(23,32)10-6-18(23)16-11-21(29)34-14-16)5-9-25(31)12-17(28)3-8-24(19,25)15-27-13-22(30)33-2/h11,15,17-20,28,31-32H,3-10,12-14H2,1-2H3. The maximum Gasteiger partial charge on any atom is 0.331 e. The average Bonchev–Trinajstić information content (AvgIpc) is 3.33. The monoisotopic (exact) mass is 475 g/mol. The van der Waals surface area contributed by atoms with Crippen LogP contribution in [-0.4, -0.2) is 71.0 Å². The summed E-state index contributed by atoms with van der Waals surface area (Å²) in [4.78, 5) is 27.9. The Labute approximate surface area is 200 Å². The predicted octanol–water partition coefficient (Wildman–Crippen LogP) is 1.94. The summed E-state index contributed by atoms with van der Waals surface area (Å²) in [7, 11) is 1.33. The summed E-state index contributed by atoms with van der Waals surface area (Å²) in [6, 6.07) is 0. The molecule has 4 fully saturated rings. The maximum atomic E-state index is 12.4. The minimum atomic E-state index is -1.12. The first-order valence-electron chi connectivity index (χ1n) is 12.7. The van der Waals surface area contributed by atoms with Gasteiger partial charge in [-0.25, -0.2) is 4.79 Å². The Balaban J connectivity index is 1.51. The molecule has 1 aliphatic heterocycles. The molecule has 8 atom stereocenters. The van der Waals surface area contributed by atoms with E-state index in [2.05, 4.69) is 11.9 Å². The highest BCUT2D eigenvalue weighted by Gasteiger charge is 2.71. The molecule has 0 amide bonds. The molecule has 0 saturated heterocycles. The van der Waals surface area contributed by atoms with E-state index in [-0.39, 0.29) is 42.1 Å².